The number of likely N-dealkylation sites (tertiary alicyclic amines) is 1. The van der Waals surface area contributed by atoms with Gasteiger partial charge in [0.05, 0.1) is 17.5 Å². The van der Waals surface area contributed by atoms with Crippen LogP contribution in [0.15, 0.2) is 24.3 Å². The largest absolute Gasteiger partial charge is 0.342 e. The number of piperidine rings is 1. The van der Waals surface area contributed by atoms with Crippen molar-refractivity contribution in [2.75, 3.05) is 44.2 Å². The Morgan fingerprint density at radius 1 is 1.12 bits per heavy atom. The summed E-state index contributed by atoms with van der Waals surface area (Å²) in [5.74, 6) is 0.483. The molecule has 0 radical (unpaired) electrons. The van der Waals surface area contributed by atoms with Crippen molar-refractivity contribution >= 4 is 23.6 Å². The maximum absolute atomic E-state index is 13.5. The van der Waals surface area contributed by atoms with Crippen molar-refractivity contribution in [3.8, 4) is 0 Å². The van der Waals surface area contributed by atoms with Gasteiger partial charge in [0.15, 0.2) is 0 Å². The van der Waals surface area contributed by atoms with Crippen LogP contribution in [0.1, 0.15) is 30.9 Å². The van der Waals surface area contributed by atoms with Gasteiger partial charge in [0.1, 0.15) is 5.82 Å². The van der Waals surface area contributed by atoms with E-state index in [1.807, 2.05) is 15.9 Å². The fourth-order valence-electron chi connectivity index (χ4n) is 3.56. The summed E-state index contributed by atoms with van der Waals surface area (Å²) in [5.41, 5.74) is 0.806. The molecule has 1 atom stereocenters. The number of piperazine rings is 1. The smallest absolute Gasteiger partial charge is 0.233 e. The van der Waals surface area contributed by atoms with Crippen molar-refractivity contribution in [1.29, 1.82) is 0 Å². The predicted molar refractivity (Wildman–Crippen MR) is 101 cm³/mol. The summed E-state index contributed by atoms with van der Waals surface area (Å²) in [6, 6.07) is 6.27. The maximum atomic E-state index is 13.5. The first-order valence-electron chi connectivity index (χ1n) is 9.26. The third-order valence-electron chi connectivity index (χ3n) is 4.96. The number of rotatable bonds is 5. The van der Waals surface area contributed by atoms with E-state index in [4.69, 9.17) is 0 Å². The summed E-state index contributed by atoms with van der Waals surface area (Å²) >= 11 is 1.38. The Kier molecular flexibility index (Phi) is 6.91. The molecule has 0 saturated carbocycles. The molecular weight excluding hydrogens is 353 g/mol. The molecule has 26 heavy (non-hydrogen) atoms. The Morgan fingerprint density at radius 3 is 2.65 bits per heavy atom. The Hall–Kier alpha value is -1.60. The van der Waals surface area contributed by atoms with Gasteiger partial charge in [0.2, 0.25) is 11.8 Å². The molecule has 5 nitrogen and oxygen atoms in total. The molecule has 0 spiro atoms. The third-order valence-corrected chi connectivity index (χ3v) is 5.86. The van der Waals surface area contributed by atoms with E-state index in [0.717, 1.165) is 38.0 Å². The van der Waals surface area contributed by atoms with Gasteiger partial charge in [-0.1, -0.05) is 12.1 Å². The lowest BCUT2D eigenvalue weighted by Gasteiger charge is -2.36. The summed E-state index contributed by atoms with van der Waals surface area (Å²) in [7, 11) is 0. The highest BCUT2D eigenvalue weighted by Gasteiger charge is 2.28. The molecular formula is C19H26FN3O2S. The van der Waals surface area contributed by atoms with E-state index in [1.54, 1.807) is 6.07 Å². The van der Waals surface area contributed by atoms with E-state index in [-0.39, 0.29) is 29.4 Å². The Bertz CT molecular complexity index is 637. The molecule has 1 aromatic carbocycles. The Morgan fingerprint density at radius 2 is 1.88 bits per heavy atom. The van der Waals surface area contributed by atoms with Crippen LogP contribution in [0.4, 0.5) is 4.39 Å². The van der Waals surface area contributed by atoms with E-state index in [9.17, 15) is 14.0 Å². The molecule has 142 valence electrons. The van der Waals surface area contributed by atoms with Gasteiger partial charge in [-0.2, -0.15) is 0 Å². The minimum atomic E-state index is -0.290. The molecule has 0 aromatic heterocycles. The SMILES string of the molecule is O=C(CSCC(=O)N1CCNCC1c1cccc(F)c1)N1CCCCC1. The van der Waals surface area contributed by atoms with Gasteiger partial charge >= 0.3 is 0 Å². The number of thioether (sulfide) groups is 1. The fourth-order valence-corrected chi connectivity index (χ4v) is 4.36. The molecule has 7 heteroatoms. The molecule has 0 aliphatic carbocycles. The second-order valence-electron chi connectivity index (χ2n) is 6.80. The first-order chi connectivity index (χ1) is 12.6. The van der Waals surface area contributed by atoms with Crippen LogP contribution in [-0.2, 0) is 9.59 Å². The summed E-state index contributed by atoms with van der Waals surface area (Å²) in [6.45, 7) is 3.63. The first kappa shape index (κ1) is 19.2. The Labute approximate surface area is 158 Å². The Balaban J connectivity index is 1.52. The van der Waals surface area contributed by atoms with Gasteiger partial charge in [-0.15, -0.1) is 11.8 Å². The third kappa shape index (κ3) is 4.98. The fraction of sp³-hybridized carbons (Fsp3) is 0.579. The molecule has 2 aliphatic heterocycles. The van der Waals surface area contributed by atoms with Crippen LogP contribution in [0.2, 0.25) is 0 Å². The van der Waals surface area contributed by atoms with Gasteiger partial charge in [0.25, 0.3) is 0 Å². The maximum Gasteiger partial charge on any atom is 0.233 e. The number of halogens is 1. The molecule has 2 heterocycles. The molecule has 2 aliphatic rings. The van der Waals surface area contributed by atoms with Gasteiger partial charge < -0.3 is 15.1 Å². The van der Waals surface area contributed by atoms with E-state index in [2.05, 4.69) is 5.32 Å². The van der Waals surface area contributed by atoms with E-state index in [0.29, 0.717) is 18.8 Å². The number of hydrogen-bond donors (Lipinski definition) is 1. The van der Waals surface area contributed by atoms with Crippen molar-refractivity contribution in [3.63, 3.8) is 0 Å². The zero-order chi connectivity index (χ0) is 18.4. The van der Waals surface area contributed by atoms with Gasteiger partial charge in [-0.3, -0.25) is 9.59 Å². The number of nitrogens with zero attached hydrogens (tertiary/aromatic N) is 2. The quantitative estimate of drug-likeness (QED) is 0.851. The highest BCUT2D eigenvalue weighted by atomic mass is 32.2. The molecule has 3 rings (SSSR count). The summed E-state index contributed by atoms with van der Waals surface area (Å²) in [5, 5.41) is 3.27. The van der Waals surface area contributed by atoms with E-state index in [1.165, 1.54) is 30.3 Å². The normalized spacial score (nSPS) is 20.9. The van der Waals surface area contributed by atoms with Gasteiger partial charge in [-0.25, -0.2) is 4.39 Å². The van der Waals surface area contributed by atoms with Crippen molar-refractivity contribution in [1.82, 2.24) is 15.1 Å². The zero-order valence-electron chi connectivity index (χ0n) is 15.0. The first-order valence-corrected chi connectivity index (χ1v) is 10.4. The number of carbonyl (C=O) groups excluding carboxylic acids is 2. The second-order valence-corrected chi connectivity index (χ2v) is 7.78. The molecule has 1 unspecified atom stereocenters. The van der Waals surface area contributed by atoms with Crippen LogP contribution in [0.25, 0.3) is 0 Å². The molecule has 0 bridgehead atoms. The average Bonchev–Trinajstić information content (AvgIpc) is 2.68. The van der Waals surface area contributed by atoms with Crippen LogP contribution in [0.5, 0.6) is 0 Å². The standard InChI is InChI=1S/C19H26FN3O2S/c20-16-6-4-5-15(11-16)17-12-21-7-10-23(17)19(25)14-26-13-18(24)22-8-2-1-3-9-22/h4-6,11,17,21H,1-3,7-10,12-14H2. The second kappa shape index (κ2) is 9.37. The zero-order valence-corrected chi connectivity index (χ0v) is 15.8. The lowest BCUT2D eigenvalue weighted by molar-refractivity contribution is -0.131. The number of nitrogens with one attached hydrogen (secondary N) is 1. The van der Waals surface area contributed by atoms with Crippen molar-refractivity contribution in [2.45, 2.75) is 25.3 Å². The van der Waals surface area contributed by atoms with Crippen LogP contribution >= 0.6 is 11.8 Å². The summed E-state index contributed by atoms with van der Waals surface area (Å²) in [4.78, 5) is 28.6. The molecule has 1 aromatic rings. The summed E-state index contributed by atoms with van der Waals surface area (Å²) in [6.07, 6.45) is 3.34. The van der Waals surface area contributed by atoms with Crippen molar-refractivity contribution < 1.29 is 14.0 Å². The van der Waals surface area contributed by atoms with Crippen LogP contribution in [0, 0.1) is 5.82 Å². The molecule has 2 amide bonds. The van der Waals surface area contributed by atoms with E-state index >= 15 is 0 Å². The molecule has 2 fully saturated rings. The minimum absolute atomic E-state index is 0.0113. The molecule has 1 N–H and O–H groups in total. The van der Waals surface area contributed by atoms with Crippen molar-refractivity contribution in [2.24, 2.45) is 0 Å². The lowest BCUT2D eigenvalue weighted by atomic mass is 10.0. The topological polar surface area (TPSA) is 52.7 Å². The van der Waals surface area contributed by atoms with Gasteiger partial charge in [0, 0.05) is 32.7 Å². The summed E-state index contributed by atoms with van der Waals surface area (Å²) < 4.78 is 13.5. The monoisotopic (exact) mass is 379 g/mol. The van der Waals surface area contributed by atoms with Gasteiger partial charge in [-0.05, 0) is 37.0 Å². The number of benzene rings is 1. The van der Waals surface area contributed by atoms with E-state index < -0.39 is 0 Å². The van der Waals surface area contributed by atoms with Crippen LogP contribution < -0.4 is 5.32 Å². The minimum Gasteiger partial charge on any atom is -0.342 e. The number of amides is 2. The lowest BCUT2D eigenvalue weighted by Crippen LogP contribution is -2.49. The average molecular weight is 380 g/mol. The predicted octanol–water partition coefficient (Wildman–Crippen LogP) is 2.04. The van der Waals surface area contributed by atoms with Crippen LogP contribution in [-0.4, -0.2) is 65.8 Å². The number of hydrogen-bond acceptors (Lipinski definition) is 4. The molecule has 2 saturated heterocycles. The highest BCUT2D eigenvalue weighted by molar-refractivity contribution is 8.00. The van der Waals surface area contributed by atoms with Crippen molar-refractivity contribution in [3.05, 3.63) is 35.6 Å². The highest BCUT2D eigenvalue weighted by Crippen LogP contribution is 2.24. The van der Waals surface area contributed by atoms with Crippen LogP contribution in [0.3, 0.4) is 0 Å². The number of carbonyl (C=O) groups is 2.